The Balaban J connectivity index is 1.69. The van der Waals surface area contributed by atoms with Gasteiger partial charge in [0.25, 0.3) is 5.91 Å². The van der Waals surface area contributed by atoms with Crippen LogP contribution in [0.3, 0.4) is 0 Å². The molecule has 1 atom stereocenters. The lowest BCUT2D eigenvalue weighted by molar-refractivity contribution is -0.123. The van der Waals surface area contributed by atoms with Gasteiger partial charge in [0.1, 0.15) is 17.1 Å². The van der Waals surface area contributed by atoms with Crippen molar-refractivity contribution in [3.05, 3.63) is 42.0 Å². The normalized spacial score (nSPS) is 12.9. The van der Waals surface area contributed by atoms with Crippen LogP contribution in [-0.2, 0) is 9.53 Å². The highest BCUT2D eigenvalue weighted by Gasteiger charge is 2.25. The highest BCUT2D eigenvalue weighted by atomic mass is 16.7. The second-order valence-corrected chi connectivity index (χ2v) is 5.64. The third-order valence-electron chi connectivity index (χ3n) is 3.93. The summed E-state index contributed by atoms with van der Waals surface area (Å²) in [5.41, 5.74) is 0.618. The van der Waals surface area contributed by atoms with E-state index in [-0.39, 0.29) is 12.4 Å². The maximum Gasteiger partial charge on any atom is 0.346 e. The number of fused-ring (bicyclic) bond motifs is 1. The van der Waals surface area contributed by atoms with Crippen LogP contribution in [0, 0.1) is 0 Å². The maximum atomic E-state index is 12.5. The van der Waals surface area contributed by atoms with Gasteiger partial charge in [0, 0.05) is 11.8 Å². The molecule has 1 aliphatic rings. The zero-order chi connectivity index (χ0) is 19.4. The average molecular weight is 373 g/mol. The minimum Gasteiger partial charge on any atom is -0.496 e. The minimum atomic E-state index is -1.04. The van der Waals surface area contributed by atoms with Gasteiger partial charge in [-0.1, -0.05) is 6.07 Å². The van der Waals surface area contributed by atoms with Crippen LogP contribution >= 0.6 is 0 Å². The summed E-state index contributed by atoms with van der Waals surface area (Å²) in [4.78, 5) is 24.9. The molecule has 0 aliphatic carbocycles. The average Bonchev–Trinajstić information content (AvgIpc) is 3.14. The first kappa shape index (κ1) is 18.4. The SMILES string of the molecule is COc1cccc(OC)c1C(=O)O[C@@H](C)C(=O)Nc1ccc2c(c1)OCO2. The molecule has 1 heterocycles. The van der Waals surface area contributed by atoms with Gasteiger partial charge in [-0.2, -0.15) is 0 Å². The monoisotopic (exact) mass is 373 g/mol. The number of benzene rings is 2. The third-order valence-corrected chi connectivity index (χ3v) is 3.93. The Bertz CT molecular complexity index is 843. The van der Waals surface area contributed by atoms with Crippen molar-refractivity contribution in [3.63, 3.8) is 0 Å². The van der Waals surface area contributed by atoms with E-state index in [0.29, 0.717) is 28.7 Å². The van der Waals surface area contributed by atoms with Crippen LogP contribution in [0.5, 0.6) is 23.0 Å². The molecule has 1 N–H and O–H groups in total. The van der Waals surface area contributed by atoms with Crippen LogP contribution in [0.15, 0.2) is 36.4 Å². The lowest BCUT2D eigenvalue weighted by Crippen LogP contribution is -2.30. The number of methoxy groups -OCH3 is 2. The van der Waals surface area contributed by atoms with Crippen LogP contribution in [0.2, 0.25) is 0 Å². The van der Waals surface area contributed by atoms with E-state index >= 15 is 0 Å². The van der Waals surface area contributed by atoms with Gasteiger partial charge in [0.15, 0.2) is 17.6 Å². The van der Waals surface area contributed by atoms with Gasteiger partial charge in [0.05, 0.1) is 14.2 Å². The van der Waals surface area contributed by atoms with Gasteiger partial charge in [0.2, 0.25) is 6.79 Å². The molecule has 0 aromatic heterocycles. The molecular weight excluding hydrogens is 354 g/mol. The van der Waals surface area contributed by atoms with Gasteiger partial charge < -0.3 is 29.0 Å². The number of anilines is 1. The first-order valence-corrected chi connectivity index (χ1v) is 8.16. The predicted molar refractivity (Wildman–Crippen MR) is 95.6 cm³/mol. The van der Waals surface area contributed by atoms with Gasteiger partial charge in [-0.15, -0.1) is 0 Å². The molecule has 0 fully saturated rings. The Hall–Kier alpha value is -3.42. The molecule has 0 unspecified atom stereocenters. The van der Waals surface area contributed by atoms with E-state index in [4.69, 9.17) is 23.7 Å². The van der Waals surface area contributed by atoms with Gasteiger partial charge in [-0.05, 0) is 31.2 Å². The molecule has 8 nitrogen and oxygen atoms in total. The first-order valence-electron chi connectivity index (χ1n) is 8.16. The smallest absolute Gasteiger partial charge is 0.346 e. The summed E-state index contributed by atoms with van der Waals surface area (Å²) in [6.07, 6.45) is -1.04. The number of carbonyl (C=O) groups excluding carboxylic acids is 2. The zero-order valence-electron chi connectivity index (χ0n) is 15.1. The van der Waals surface area contributed by atoms with Crippen molar-refractivity contribution in [2.75, 3.05) is 26.3 Å². The first-order chi connectivity index (χ1) is 13.0. The lowest BCUT2D eigenvalue weighted by atomic mass is 10.1. The summed E-state index contributed by atoms with van der Waals surface area (Å²) in [6, 6.07) is 9.90. The van der Waals surface area contributed by atoms with E-state index in [1.807, 2.05) is 0 Å². The summed E-state index contributed by atoms with van der Waals surface area (Å²) in [6.45, 7) is 1.61. The summed E-state index contributed by atoms with van der Waals surface area (Å²) in [5.74, 6) is 0.520. The van der Waals surface area contributed by atoms with Crippen molar-refractivity contribution in [1.29, 1.82) is 0 Å². The van der Waals surface area contributed by atoms with Gasteiger partial charge in [-0.25, -0.2) is 4.79 Å². The Labute approximate surface area is 155 Å². The standard InChI is InChI=1S/C19H19NO7/c1-11(18(21)20-12-7-8-13-16(9-12)26-10-25-13)27-19(22)17-14(23-2)5-4-6-15(17)24-3/h4-9,11H,10H2,1-3H3,(H,20,21)/t11-/m0/s1. The fourth-order valence-electron chi connectivity index (χ4n) is 2.54. The van der Waals surface area contributed by atoms with Crippen molar-refractivity contribution in [2.24, 2.45) is 0 Å². The van der Waals surface area contributed by atoms with Crippen LogP contribution in [-0.4, -0.2) is 39.0 Å². The summed E-state index contributed by atoms with van der Waals surface area (Å²) >= 11 is 0. The quantitative estimate of drug-likeness (QED) is 0.778. The molecule has 8 heteroatoms. The van der Waals surface area contributed by atoms with Crippen LogP contribution in [0.4, 0.5) is 5.69 Å². The van der Waals surface area contributed by atoms with E-state index < -0.39 is 18.0 Å². The number of hydrogen-bond donors (Lipinski definition) is 1. The third kappa shape index (κ3) is 3.89. The maximum absolute atomic E-state index is 12.5. The van der Waals surface area contributed by atoms with E-state index in [1.165, 1.54) is 21.1 Å². The highest BCUT2D eigenvalue weighted by Crippen LogP contribution is 2.34. The number of esters is 1. The Kier molecular flexibility index (Phi) is 5.35. The molecule has 3 rings (SSSR count). The molecule has 0 bridgehead atoms. The molecule has 27 heavy (non-hydrogen) atoms. The van der Waals surface area contributed by atoms with Crippen molar-refractivity contribution in [3.8, 4) is 23.0 Å². The molecule has 1 amide bonds. The van der Waals surface area contributed by atoms with Gasteiger partial charge >= 0.3 is 5.97 Å². The molecule has 0 saturated heterocycles. The number of ether oxygens (including phenoxy) is 5. The van der Waals surface area contributed by atoms with Crippen molar-refractivity contribution in [1.82, 2.24) is 0 Å². The molecular formula is C19H19NO7. The van der Waals surface area contributed by atoms with Crippen molar-refractivity contribution < 1.29 is 33.3 Å². The number of hydrogen-bond acceptors (Lipinski definition) is 7. The van der Waals surface area contributed by atoms with E-state index in [2.05, 4.69) is 5.32 Å². The molecule has 0 saturated carbocycles. The second-order valence-electron chi connectivity index (χ2n) is 5.64. The molecule has 2 aromatic rings. The fourth-order valence-corrected chi connectivity index (χ4v) is 2.54. The molecule has 1 aliphatic heterocycles. The minimum absolute atomic E-state index is 0.116. The summed E-state index contributed by atoms with van der Waals surface area (Å²) in [5, 5.41) is 2.67. The molecule has 0 radical (unpaired) electrons. The summed E-state index contributed by atoms with van der Waals surface area (Å²) < 4.78 is 26.1. The molecule has 142 valence electrons. The lowest BCUT2D eigenvalue weighted by Gasteiger charge is -2.16. The molecule has 0 spiro atoms. The number of nitrogens with one attached hydrogen (secondary N) is 1. The zero-order valence-corrected chi connectivity index (χ0v) is 15.1. The van der Waals surface area contributed by atoms with E-state index in [0.717, 1.165) is 0 Å². The van der Waals surface area contributed by atoms with E-state index in [9.17, 15) is 9.59 Å². The van der Waals surface area contributed by atoms with Crippen LogP contribution < -0.4 is 24.3 Å². The highest BCUT2D eigenvalue weighted by molar-refractivity contribution is 5.99. The Morgan fingerprint density at radius 1 is 1.04 bits per heavy atom. The predicted octanol–water partition coefficient (Wildman–Crippen LogP) is 2.62. The topological polar surface area (TPSA) is 92.3 Å². The summed E-state index contributed by atoms with van der Waals surface area (Å²) in [7, 11) is 2.86. The Morgan fingerprint density at radius 3 is 2.37 bits per heavy atom. The van der Waals surface area contributed by atoms with E-state index in [1.54, 1.807) is 36.4 Å². The second kappa shape index (κ2) is 7.86. The number of carbonyl (C=O) groups is 2. The number of amides is 1. The largest absolute Gasteiger partial charge is 0.496 e. The fraction of sp³-hybridized carbons (Fsp3) is 0.263. The Morgan fingerprint density at radius 2 is 1.70 bits per heavy atom. The number of rotatable bonds is 6. The van der Waals surface area contributed by atoms with Gasteiger partial charge in [-0.3, -0.25) is 4.79 Å². The van der Waals surface area contributed by atoms with Crippen molar-refractivity contribution in [2.45, 2.75) is 13.0 Å². The van der Waals surface area contributed by atoms with Crippen molar-refractivity contribution >= 4 is 17.6 Å². The van der Waals surface area contributed by atoms with Crippen LogP contribution in [0.25, 0.3) is 0 Å². The molecule has 2 aromatic carbocycles. The van der Waals surface area contributed by atoms with Crippen LogP contribution in [0.1, 0.15) is 17.3 Å².